The van der Waals surface area contributed by atoms with Crippen molar-refractivity contribution >= 4 is 5.91 Å². The van der Waals surface area contributed by atoms with Gasteiger partial charge in [-0.3, -0.25) is 9.69 Å². The molecule has 0 radical (unpaired) electrons. The van der Waals surface area contributed by atoms with Crippen LogP contribution in [0.4, 0.5) is 0 Å². The molecule has 1 amide bonds. The Morgan fingerprint density at radius 2 is 2.00 bits per heavy atom. The second kappa shape index (κ2) is 4.72. The average molecular weight is 227 g/mol. The van der Waals surface area contributed by atoms with Gasteiger partial charge in [0.25, 0.3) is 0 Å². The SMILES string of the molecule is CC1CN(C)C(CCN)C(=O)N1C(C)(C)C. The number of amides is 1. The molecule has 0 saturated carbocycles. The third-order valence-corrected chi connectivity index (χ3v) is 3.21. The van der Waals surface area contributed by atoms with Crippen LogP contribution in [0.5, 0.6) is 0 Å². The predicted octanol–water partition coefficient (Wildman–Crippen LogP) is 0.665. The Hall–Kier alpha value is -0.610. The normalized spacial score (nSPS) is 28.6. The topological polar surface area (TPSA) is 49.6 Å². The molecular formula is C12H25N3O. The number of rotatable bonds is 2. The summed E-state index contributed by atoms with van der Waals surface area (Å²) in [4.78, 5) is 16.5. The Balaban J connectivity index is 2.90. The van der Waals surface area contributed by atoms with Crippen molar-refractivity contribution in [3.05, 3.63) is 0 Å². The lowest BCUT2D eigenvalue weighted by Gasteiger charge is -2.49. The second-order valence-electron chi connectivity index (χ2n) is 5.76. The van der Waals surface area contributed by atoms with E-state index in [-0.39, 0.29) is 23.5 Å². The summed E-state index contributed by atoms with van der Waals surface area (Å²) in [7, 11) is 2.01. The van der Waals surface area contributed by atoms with E-state index >= 15 is 0 Å². The van der Waals surface area contributed by atoms with Gasteiger partial charge in [0.2, 0.25) is 5.91 Å². The Labute approximate surface area is 98.8 Å². The maximum absolute atomic E-state index is 12.4. The van der Waals surface area contributed by atoms with Crippen LogP contribution in [0.1, 0.15) is 34.1 Å². The number of carbonyl (C=O) groups is 1. The van der Waals surface area contributed by atoms with E-state index in [1.807, 2.05) is 11.9 Å². The van der Waals surface area contributed by atoms with Crippen LogP contribution in [0.25, 0.3) is 0 Å². The molecule has 0 spiro atoms. The summed E-state index contributed by atoms with van der Waals surface area (Å²) in [6.07, 6.45) is 0.745. The smallest absolute Gasteiger partial charge is 0.240 e. The number of nitrogens with zero attached hydrogens (tertiary/aromatic N) is 2. The fourth-order valence-corrected chi connectivity index (χ4v) is 2.69. The van der Waals surface area contributed by atoms with Crippen molar-refractivity contribution in [2.45, 2.75) is 51.7 Å². The molecule has 4 nitrogen and oxygen atoms in total. The van der Waals surface area contributed by atoms with E-state index in [1.54, 1.807) is 0 Å². The van der Waals surface area contributed by atoms with Gasteiger partial charge in [-0.25, -0.2) is 0 Å². The number of carbonyl (C=O) groups excluding carboxylic acids is 1. The fourth-order valence-electron chi connectivity index (χ4n) is 2.69. The van der Waals surface area contributed by atoms with Crippen LogP contribution in [-0.4, -0.2) is 53.5 Å². The maximum atomic E-state index is 12.4. The van der Waals surface area contributed by atoms with Crippen LogP contribution >= 0.6 is 0 Å². The van der Waals surface area contributed by atoms with Gasteiger partial charge in [-0.05, 0) is 47.7 Å². The summed E-state index contributed by atoms with van der Waals surface area (Å²) in [5.41, 5.74) is 5.47. The van der Waals surface area contributed by atoms with Crippen LogP contribution in [-0.2, 0) is 4.79 Å². The number of likely N-dealkylation sites (N-methyl/N-ethyl adjacent to an activating group) is 1. The summed E-state index contributed by atoms with van der Waals surface area (Å²) in [5, 5.41) is 0. The zero-order valence-electron chi connectivity index (χ0n) is 11.2. The first-order valence-electron chi connectivity index (χ1n) is 6.02. The van der Waals surface area contributed by atoms with Gasteiger partial charge in [0.15, 0.2) is 0 Å². The van der Waals surface area contributed by atoms with Crippen molar-refractivity contribution in [1.82, 2.24) is 9.80 Å². The fraction of sp³-hybridized carbons (Fsp3) is 0.917. The Morgan fingerprint density at radius 3 is 2.44 bits per heavy atom. The molecule has 1 rings (SSSR count). The molecule has 0 bridgehead atoms. The summed E-state index contributed by atoms with van der Waals surface area (Å²) in [6, 6.07) is 0.229. The highest BCUT2D eigenvalue weighted by Gasteiger charge is 2.40. The number of hydrogen-bond acceptors (Lipinski definition) is 3. The molecule has 94 valence electrons. The van der Waals surface area contributed by atoms with Gasteiger partial charge in [-0.1, -0.05) is 0 Å². The van der Waals surface area contributed by atoms with Crippen molar-refractivity contribution in [2.24, 2.45) is 5.73 Å². The van der Waals surface area contributed by atoms with Gasteiger partial charge in [0, 0.05) is 18.1 Å². The monoisotopic (exact) mass is 227 g/mol. The van der Waals surface area contributed by atoms with Crippen molar-refractivity contribution in [2.75, 3.05) is 20.1 Å². The minimum Gasteiger partial charge on any atom is -0.333 e. The van der Waals surface area contributed by atoms with Gasteiger partial charge in [0.05, 0.1) is 6.04 Å². The Bertz CT molecular complexity index is 259. The summed E-state index contributed by atoms with van der Waals surface area (Å²) in [5.74, 6) is 0.221. The third kappa shape index (κ3) is 2.55. The molecule has 0 aromatic heterocycles. The maximum Gasteiger partial charge on any atom is 0.240 e. The highest BCUT2D eigenvalue weighted by Crippen LogP contribution is 2.25. The zero-order valence-corrected chi connectivity index (χ0v) is 11.2. The Kier molecular flexibility index (Phi) is 3.97. The van der Waals surface area contributed by atoms with Gasteiger partial charge >= 0.3 is 0 Å². The van der Waals surface area contributed by atoms with E-state index in [0.29, 0.717) is 6.54 Å². The van der Waals surface area contributed by atoms with Gasteiger partial charge < -0.3 is 10.6 Å². The van der Waals surface area contributed by atoms with E-state index in [0.717, 1.165) is 13.0 Å². The minimum absolute atomic E-state index is 0.0413. The number of piperazine rings is 1. The van der Waals surface area contributed by atoms with E-state index in [1.165, 1.54) is 0 Å². The van der Waals surface area contributed by atoms with Gasteiger partial charge in [-0.2, -0.15) is 0 Å². The summed E-state index contributed by atoms with van der Waals surface area (Å²) >= 11 is 0. The van der Waals surface area contributed by atoms with E-state index in [4.69, 9.17) is 5.73 Å². The van der Waals surface area contributed by atoms with Crippen molar-refractivity contribution in [1.29, 1.82) is 0 Å². The third-order valence-electron chi connectivity index (χ3n) is 3.21. The van der Waals surface area contributed by atoms with Gasteiger partial charge in [-0.15, -0.1) is 0 Å². The average Bonchev–Trinajstić information content (AvgIpc) is 2.09. The first-order valence-corrected chi connectivity index (χ1v) is 6.02. The molecule has 1 aliphatic heterocycles. The van der Waals surface area contributed by atoms with Crippen LogP contribution in [0.2, 0.25) is 0 Å². The molecule has 4 heteroatoms. The molecule has 16 heavy (non-hydrogen) atoms. The van der Waals surface area contributed by atoms with Crippen molar-refractivity contribution in [3.63, 3.8) is 0 Å². The van der Waals surface area contributed by atoms with Crippen LogP contribution in [0.15, 0.2) is 0 Å². The molecule has 1 fully saturated rings. The minimum atomic E-state index is -0.107. The lowest BCUT2D eigenvalue weighted by Crippen LogP contribution is -2.64. The molecule has 2 atom stereocenters. The largest absolute Gasteiger partial charge is 0.333 e. The van der Waals surface area contributed by atoms with Crippen LogP contribution < -0.4 is 5.73 Å². The molecule has 0 aromatic rings. The van der Waals surface area contributed by atoms with Crippen molar-refractivity contribution in [3.8, 4) is 0 Å². The highest BCUT2D eigenvalue weighted by atomic mass is 16.2. The second-order valence-corrected chi connectivity index (χ2v) is 5.76. The molecular weight excluding hydrogens is 202 g/mol. The van der Waals surface area contributed by atoms with Crippen molar-refractivity contribution < 1.29 is 4.79 Å². The lowest BCUT2D eigenvalue weighted by molar-refractivity contribution is -0.151. The van der Waals surface area contributed by atoms with E-state index in [2.05, 4.69) is 32.6 Å². The van der Waals surface area contributed by atoms with Gasteiger partial charge in [0.1, 0.15) is 0 Å². The standard InChI is InChI=1S/C12H25N3O/c1-9-8-14(5)10(6-7-13)11(16)15(9)12(2,3)4/h9-10H,6-8,13H2,1-5H3. The molecule has 1 saturated heterocycles. The number of hydrogen-bond donors (Lipinski definition) is 1. The zero-order chi connectivity index (χ0) is 12.5. The van der Waals surface area contributed by atoms with Crippen LogP contribution in [0, 0.1) is 0 Å². The van der Waals surface area contributed by atoms with E-state index in [9.17, 15) is 4.79 Å². The lowest BCUT2D eigenvalue weighted by atomic mass is 9.96. The molecule has 0 aromatic carbocycles. The summed E-state index contributed by atoms with van der Waals surface area (Å²) in [6.45, 7) is 9.86. The molecule has 1 aliphatic rings. The quantitative estimate of drug-likeness (QED) is 0.754. The molecule has 2 N–H and O–H groups in total. The molecule has 2 unspecified atom stereocenters. The molecule has 1 heterocycles. The first kappa shape index (κ1) is 13.5. The van der Waals surface area contributed by atoms with Crippen LogP contribution in [0.3, 0.4) is 0 Å². The molecule has 0 aliphatic carbocycles. The predicted molar refractivity (Wildman–Crippen MR) is 66.2 cm³/mol. The first-order chi connectivity index (χ1) is 7.29. The highest BCUT2D eigenvalue weighted by molar-refractivity contribution is 5.83. The summed E-state index contributed by atoms with van der Waals surface area (Å²) < 4.78 is 0. The Morgan fingerprint density at radius 1 is 1.44 bits per heavy atom. The van der Waals surface area contributed by atoms with E-state index < -0.39 is 0 Å². The number of nitrogens with two attached hydrogens (primary N) is 1.